The number of amidine groups is 1. The summed E-state index contributed by atoms with van der Waals surface area (Å²) in [5, 5.41) is 12.9. The first-order valence-corrected chi connectivity index (χ1v) is 13.4. The molecule has 2 N–H and O–H groups in total. The number of morpholine rings is 1. The van der Waals surface area contributed by atoms with Gasteiger partial charge in [-0.05, 0) is 31.2 Å². The quantitative estimate of drug-likeness (QED) is 0.329. The molecule has 0 spiro atoms. The van der Waals surface area contributed by atoms with Crippen LogP contribution in [0.5, 0.6) is 5.75 Å². The number of rotatable bonds is 5. The monoisotopic (exact) mass is 559 g/mol. The Hall–Kier alpha value is -3.21. The number of benzene rings is 2. The third kappa shape index (κ3) is 5.59. The molecular weight excluding hydrogens is 528 g/mol. The molecular formula is C28H32ClF2N5O3. The molecule has 0 unspecified atom stereocenters. The molecule has 2 saturated heterocycles. The Morgan fingerprint density at radius 1 is 1.23 bits per heavy atom. The van der Waals surface area contributed by atoms with Crippen LogP contribution in [-0.4, -0.2) is 97.6 Å². The zero-order valence-corrected chi connectivity index (χ0v) is 22.6. The van der Waals surface area contributed by atoms with E-state index in [1.54, 1.807) is 11.0 Å². The molecule has 3 heterocycles. The van der Waals surface area contributed by atoms with E-state index in [1.807, 2.05) is 11.8 Å². The second-order valence-corrected chi connectivity index (χ2v) is 10.5. The molecule has 39 heavy (non-hydrogen) atoms. The van der Waals surface area contributed by atoms with Crippen molar-refractivity contribution in [1.29, 1.82) is 5.41 Å². The van der Waals surface area contributed by atoms with Gasteiger partial charge in [0.05, 0.1) is 30.0 Å². The molecule has 2 atom stereocenters. The lowest BCUT2D eigenvalue weighted by Crippen LogP contribution is -2.55. The van der Waals surface area contributed by atoms with E-state index in [2.05, 4.69) is 16.8 Å². The Labute approximate surface area is 231 Å². The minimum absolute atomic E-state index is 0.0891. The SMILES string of the molecule is C=CC(=O)N1CCN(C(=N)c2cc(Cl)c(-c3ccc(F)cc3F)c3c2N[C@@H](CN2CCOCC2)CO3)[C@@H](C)C1. The van der Waals surface area contributed by atoms with E-state index in [-0.39, 0.29) is 34.4 Å². The number of amides is 1. The zero-order valence-electron chi connectivity index (χ0n) is 21.8. The third-order valence-electron chi connectivity index (χ3n) is 7.45. The maximum absolute atomic E-state index is 14.9. The largest absolute Gasteiger partial charge is 0.488 e. The van der Waals surface area contributed by atoms with Gasteiger partial charge < -0.3 is 24.6 Å². The molecule has 2 aromatic carbocycles. The number of piperazine rings is 1. The van der Waals surface area contributed by atoms with Gasteiger partial charge in [-0.15, -0.1) is 0 Å². The Morgan fingerprint density at radius 2 is 2.00 bits per heavy atom. The summed E-state index contributed by atoms with van der Waals surface area (Å²) in [7, 11) is 0. The number of anilines is 1. The average Bonchev–Trinajstić information content (AvgIpc) is 2.93. The van der Waals surface area contributed by atoms with Gasteiger partial charge in [-0.25, -0.2) is 8.78 Å². The van der Waals surface area contributed by atoms with Crippen LogP contribution in [-0.2, 0) is 9.53 Å². The minimum Gasteiger partial charge on any atom is -0.488 e. The molecule has 0 radical (unpaired) electrons. The van der Waals surface area contributed by atoms with E-state index in [0.29, 0.717) is 68.6 Å². The van der Waals surface area contributed by atoms with Gasteiger partial charge in [0.15, 0.2) is 5.75 Å². The highest BCUT2D eigenvalue weighted by molar-refractivity contribution is 6.34. The predicted octanol–water partition coefficient (Wildman–Crippen LogP) is 3.83. The topological polar surface area (TPSA) is 81.1 Å². The maximum atomic E-state index is 14.9. The van der Waals surface area contributed by atoms with Crippen molar-refractivity contribution in [1.82, 2.24) is 14.7 Å². The van der Waals surface area contributed by atoms with Crippen molar-refractivity contribution in [3.63, 3.8) is 0 Å². The van der Waals surface area contributed by atoms with E-state index >= 15 is 0 Å². The number of carbonyl (C=O) groups is 1. The van der Waals surface area contributed by atoms with Crippen LogP contribution < -0.4 is 10.1 Å². The Balaban J connectivity index is 1.51. The highest BCUT2D eigenvalue weighted by atomic mass is 35.5. The van der Waals surface area contributed by atoms with E-state index in [4.69, 9.17) is 21.1 Å². The molecule has 208 valence electrons. The average molecular weight is 560 g/mol. The Kier molecular flexibility index (Phi) is 8.06. The number of ether oxygens (including phenoxy) is 2. The first-order chi connectivity index (χ1) is 18.8. The van der Waals surface area contributed by atoms with E-state index in [0.717, 1.165) is 19.2 Å². The van der Waals surface area contributed by atoms with Crippen LogP contribution in [0.1, 0.15) is 12.5 Å². The van der Waals surface area contributed by atoms with Crippen molar-refractivity contribution in [3.05, 3.63) is 59.1 Å². The van der Waals surface area contributed by atoms with Crippen molar-refractivity contribution in [3.8, 4) is 16.9 Å². The summed E-state index contributed by atoms with van der Waals surface area (Å²) in [4.78, 5) is 18.1. The van der Waals surface area contributed by atoms with Crippen LogP contribution in [0.4, 0.5) is 14.5 Å². The number of nitrogens with one attached hydrogen (secondary N) is 2. The minimum atomic E-state index is -0.752. The van der Waals surface area contributed by atoms with Crippen molar-refractivity contribution in [2.24, 2.45) is 0 Å². The molecule has 2 aromatic rings. The Bertz CT molecular complexity index is 1290. The van der Waals surface area contributed by atoms with Crippen LogP contribution in [0.15, 0.2) is 36.9 Å². The fourth-order valence-electron chi connectivity index (χ4n) is 5.44. The highest BCUT2D eigenvalue weighted by Crippen LogP contribution is 2.47. The summed E-state index contributed by atoms with van der Waals surface area (Å²) < 4.78 is 40.3. The number of hydrogen-bond donors (Lipinski definition) is 2. The summed E-state index contributed by atoms with van der Waals surface area (Å²) in [6.45, 7) is 10.9. The summed E-state index contributed by atoms with van der Waals surface area (Å²) >= 11 is 6.74. The molecule has 11 heteroatoms. The van der Waals surface area contributed by atoms with Gasteiger partial charge in [-0.1, -0.05) is 18.2 Å². The predicted molar refractivity (Wildman–Crippen MR) is 147 cm³/mol. The van der Waals surface area contributed by atoms with Gasteiger partial charge >= 0.3 is 0 Å². The maximum Gasteiger partial charge on any atom is 0.246 e. The van der Waals surface area contributed by atoms with Gasteiger partial charge in [0.25, 0.3) is 0 Å². The van der Waals surface area contributed by atoms with Crippen molar-refractivity contribution in [2.45, 2.75) is 19.0 Å². The van der Waals surface area contributed by atoms with Gasteiger partial charge in [0, 0.05) is 68.1 Å². The van der Waals surface area contributed by atoms with Crippen molar-refractivity contribution in [2.75, 3.05) is 64.4 Å². The van der Waals surface area contributed by atoms with Crippen LogP contribution >= 0.6 is 11.6 Å². The first-order valence-electron chi connectivity index (χ1n) is 13.0. The zero-order chi connectivity index (χ0) is 27.7. The van der Waals surface area contributed by atoms with Crippen LogP contribution in [0, 0.1) is 17.0 Å². The molecule has 8 nitrogen and oxygen atoms in total. The molecule has 1 amide bonds. The molecule has 0 bridgehead atoms. The second kappa shape index (κ2) is 11.5. The molecule has 2 fully saturated rings. The molecule has 3 aliphatic rings. The number of carbonyl (C=O) groups excluding carboxylic acids is 1. The number of nitrogens with zero attached hydrogens (tertiary/aromatic N) is 3. The molecule has 5 rings (SSSR count). The van der Waals surface area contributed by atoms with Crippen LogP contribution in [0.25, 0.3) is 11.1 Å². The van der Waals surface area contributed by atoms with Crippen LogP contribution in [0.3, 0.4) is 0 Å². The normalized spacial score (nSPS) is 21.5. The molecule has 0 saturated carbocycles. The van der Waals surface area contributed by atoms with E-state index < -0.39 is 11.6 Å². The molecule has 0 aromatic heterocycles. The fraction of sp³-hybridized carbons (Fsp3) is 0.429. The van der Waals surface area contributed by atoms with Gasteiger partial charge in [-0.3, -0.25) is 15.1 Å². The molecule has 3 aliphatic heterocycles. The lowest BCUT2D eigenvalue weighted by molar-refractivity contribution is -0.128. The van der Waals surface area contributed by atoms with E-state index in [9.17, 15) is 19.0 Å². The van der Waals surface area contributed by atoms with Crippen LogP contribution in [0.2, 0.25) is 5.02 Å². The Morgan fingerprint density at radius 3 is 2.69 bits per heavy atom. The number of fused-ring (bicyclic) bond motifs is 1. The third-order valence-corrected chi connectivity index (χ3v) is 7.75. The fourth-order valence-corrected chi connectivity index (χ4v) is 5.74. The smallest absolute Gasteiger partial charge is 0.246 e. The first kappa shape index (κ1) is 27.4. The number of halogens is 3. The molecule has 0 aliphatic carbocycles. The second-order valence-electron chi connectivity index (χ2n) is 10.1. The summed E-state index contributed by atoms with van der Waals surface area (Å²) in [5.41, 5.74) is 1.49. The summed E-state index contributed by atoms with van der Waals surface area (Å²) in [5.74, 6) is -1.02. The van der Waals surface area contributed by atoms with Gasteiger partial charge in [0.1, 0.15) is 24.1 Å². The van der Waals surface area contributed by atoms with Gasteiger partial charge in [0.2, 0.25) is 5.91 Å². The summed E-state index contributed by atoms with van der Waals surface area (Å²) in [6.07, 6.45) is 1.30. The highest BCUT2D eigenvalue weighted by Gasteiger charge is 2.34. The van der Waals surface area contributed by atoms with E-state index in [1.165, 1.54) is 18.2 Å². The van der Waals surface area contributed by atoms with Gasteiger partial charge in [-0.2, -0.15) is 0 Å². The van der Waals surface area contributed by atoms with Crippen molar-refractivity contribution < 1.29 is 23.0 Å². The summed E-state index contributed by atoms with van der Waals surface area (Å²) in [6, 6.07) is 4.76. The standard InChI is InChI=1S/C28H32ClF2N5O3/c1-3-24(37)35-6-7-36(17(2)14-35)28(32)21-13-22(29)25(20-5-4-18(30)12-23(20)31)27-26(21)33-19(16-39-27)15-34-8-10-38-11-9-34/h3-5,12-13,17,19,32-33H,1,6-11,14-16H2,2H3/t17-,19-/m0/s1. The lowest BCUT2D eigenvalue weighted by atomic mass is 9.97. The number of hydrogen-bond acceptors (Lipinski definition) is 6. The van der Waals surface area contributed by atoms with Crippen molar-refractivity contribution >= 4 is 29.0 Å². The lowest BCUT2D eigenvalue weighted by Gasteiger charge is -2.42.